The number of rotatable bonds is 4. The molecule has 0 N–H and O–H groups in total. The molecule has 1 aromatic heterocycles. The first-order valence-corrected chi connectivity index (χ1v) is 6.58. The van der Waals surface area contributed by atoms with Crippen molar-refractivity contribution in [1.29, 1.82) is 0 Å². The number of benzene rings is 2. The fourth-order valence-electron chi connectivity index (χ4n) is 2.23. The van der Waals surface area contributed by atoms with Crippen LogP contribution in [-0.2, 0) is 13.0 Å². The number of hydrogen-bond acceptors (Lipinski definition) is 1. The zero-order chi connectivity index (χ0) is 13.8. The average Bonchev–Trinajstić information content (AvgIpc) is 2.90. The van der Waals surface area contributed by atoms with Crippen LogP contribution < -0.4 is 0 Å². The van der Waals surface area contributed by atoms with Crippen LogP contribution in [0.2, 0.25) is 0 Å². The lowest BCUT2D eigenvalue weighted by molar-refractivity contribution is 0.626. The third-order valence-electron chi connectivity index (χ3n) is 3.29. The van der Waals surface area contributed by atoms with Crippen molar-refractivity contribution in [2.45, 2.75) is 13.0 Å². The second-order valence-corrected chi connectivity index (χ2v) is 4.80. The predicted octanol–water partition coefficient (Wildman–Crippen LogP) is 3.66. The van der Waals surface area contributed by atoms with Crippen LogP contribution in [0.25, 0.3) is 0 Å². The molecule has 0 amide bonds. The van der Waals surface area contributed by atoms with Gasteiger partial charge in [0.15, 0.2) is 0 Å². The molecule has 3 heteroatoms. The van der Waals surface area contributed by atoms with Crippen LogP contribution in [-0.4, -0.2) is 9.55 Å². The Kier molecular flexibility index (Phi) is 3.59. The van der Waals surface area contributed by atoms with E-state index in [0.29, 0.717) is 6.54 Å². The maximum absolute atomic E-state index is 12.9. The van der Waals surface area contributed by atoms with Gasteiger partial charge in [0.05, 0.1) is 6.33 Å². The number of halogens is 1. The highest BCUT2D eigenvalue weighted by Gasteiger charge is 2.04. The van der Waals surface area contributed by atoms with Crippen molar-refractivity contribution in [3.63, 3.8) is 0 Å². The molecule has 0 bridgehead atoms. The summed E-state index contributed by atoms with van der Waals surface area (Å²) >= 11 is 0. The van der Waals surface area contributed by atoms with Crippen molar-refractivity contribution in [2.75, 3.05) is 0 Å². The average molecular weight is 266 g/mol. The number of imidazole rings is 1. The second kappa shape index (κ2) is 5.70. The minimum absolute atomic E-state index is 0.205. The number of aromatic nitrogens is 2. The topological polar surface area (TPSA) is 17.8 Å². The van der Waals surface area contributed by atoms with Crippen LogP contribution in [0.5, 0.6) is 0 Å². The summed E-state index contributed by atoms with van der Waals surface area (Å²) in [4.78, 5) is 4.22. The lowest BCUT2D eigenvalue weighted by Gasteiger charge is -2.08. The zero-order valence-corrected chi connectivity index (χ0v) is 11.0. The Morgan fingerprint density at radius 2 is 1.65 bits per heavy atom. The Balaban J connectivity index is 1.78. The van der Waals surface area contributed by atoms with Crippen molar-refractivity contribution in [2.24, 2.45) is 0 Å². The summed E-state index contributed by atoms with van der Waals surface area (Å²) in [7, 11) is 0. The summed E-state index contributed by atoms with van der Waals surface area (Å²) in [6.07, 6.45) is 4.56. The van der Waals surface area contributed by atoms with E-state index in [1.165, 1.54) is 17.7 Å². The van der Waals surface area contributed by atoms with Gasteiger partial charge in [-0.2, -0.15) is 0 Å². The largest absolute Gasteiger partial charge is 0.330 e. The minimum Gasteiger partial charge on any atom is -0.330 e. The Bertz CT molecular complexity index is 672. The molecule has 0 aliphatic rings. The van der Waals surface area contributed by atoms with Crippen LogP contribution in [0.1, 0.15) is 16.8 Å². The van der Waals surface area contributed by atoms with E-state index in [4.69, 9.17) is 0 Å². The molecule has 2 nitrogen and oxygen atoms in total. The monoisotopic (exact) mass is 266 g/mol. The molecule has 0 radical (unpaired) electrons. The lowest BCUT2D eigenvalue weighted by Crippen LogP contribution is -2.03. The van der Waals surface area contributed by atoms with E-state index in [-0.39, 0.29) is 5.82 Å². The van der Waals surface area contributed by atoms with Crippen molar-refractivity contribution in [3.8, 4) is 0 Å². The first kappa shape index (κ1) is 12.6. The molecule has 0 unspecified atom stereocenters. The van der Waals surface area contributed by atoms with Crippen molar-refractivity contribution in [1.82, 2.24) is 9.55 Å². The van der Waals surface area contributed by atoms with Gasteiger partial charge in [-0.1, -0.05) is 42.5 Å². The van der Waals surface area contributed by atoms with Crippen LogP contribution in [0.15, 0.2) is 67.1 Å². The number of nitrogens with zero attached hydrogens (tertiary/aromatic N) is 2. The van der Waals surface area contributed by atoms with Crippen molar-refractivity contribution >= 4 is 0 Å². The molecule has 100 valence electrons. The standard InChI is InChI=1S/C17H15FN2/c18-16-8-6-15(7-9-16)12-20-13-19-11-17(20)10-14-4-2-1-3-5-14/h1-9,11,13H,10,12H2. The maximum atomic E-state index is 12.9. The molecule has 3 rings (SSSR count). The van der Waals surface area contributed by atoms with Crippen LogP contribution in [0.3, 0.4) is 0 Å². The van der Waals surface area contributed by atoms with Gasteiger partial charge in [-0.05, 0) is 23.3 Å². The first-order chi connectivity index (χ1) is 9.81. The van der Waals surface area contributed by atoms with Crippen molar-refractivity contribution in [3.05, 3.63) is 89.8 Å². The quantitative estimate of drug-likeness (QED) is 0.704. The Hall–Kier alpha value is -2.42. The summed E-state index contributed by atoms with van der Waals surface area (Å²) in [6, 6.07) is 16.9. The molecule has 0 saturated carbocycles. The molecule has 2 aromatic carbocycles. The molecule has 3 aromatic rings. The van der Waals surface area contributed by atoms with Gasteiger partial charge in [0.2, 0.25) is 0 Å². The van der Waals surface area contributed by atoms with Crippen molar-refractivity contribution < 1.29 is 4.39 Å². The third kappa shape index (κ3) is 2.94. The molecule has 1 heterocycles. The fourth-order valence-corrected chi connectivity index (χ4v) is 2.23. The first-order valence-electron chi connectivity index (χ1n) is 6.58. The minimum atomic E-state index is -0.205. The molecule has 0 saturated heterocycles. The van der Waals surface area contributed by atoms with Crippen LogP contribution in [0.4, 0.5) is 4.39 Å². The van der Waals surface area contributed by atoms with Gasteiger partial charge in [-0.15, -0.1) is 0 Å². The summed E-state index contributed by atoms with van der Waals surface area (Å²) in [6.45, 7) is 0.711. The third-order valence-corrected chi connectivity index (χ3v) is 3.29. The van der Waals surface area contributed by atoms with Gasteiger partial charge in [0.25, 0.3) is 0 Å². The summed E-state index contributed by atoms with van der Waals surface area (Å²) < 4.78 is 15.0. The molecule has 0 spiro atoms. The van der Waals surface area contributed by atoms with Crippen LogP contribution in [0, 0.1) is 5.82 Å². The van der Waals surface area contributed by atoms with E-state index in [9.17, 15) is 4.39 Å². The van der Waals surface area contributed by atoms with E-state index in [1.54, 1.807) is 0 Å². The molecular formula is C17H15FN2. The molecular weight excluding hydrogens is 251 g/mol. The van der Waals surface area contributed by atoms with Gasteiger partial charge in [-0.3, -0.25) is 0 Å². The smallest absolute Gasteiger partial charge is 0.123 e. The van der Waals surface area contributed by atoms with Gasteiger partial charge >= 0.3 is 0 Å². The van der Waals surface area contributed by atoms with E-state index >= 15 is 0 Å². The fraction of sp³-hybridized carbons (Fsp3) is 0.118. The van der Waals surface area contributed by atoms with Gasteiger partial charge in [0.1, 0.15) is 5.82 Å². The number of hydrogen-bond donors (Lipinski definition) is 0. The lowest BCUT2D eigenvalue weighted by atomic mass is 10.1. The molecule has 0 aliphatic carbocycles. The van der Waals surface area contributed by atoms with Gasteiger partial charge in [0, 0.05) is 24.9 Å². The second-order valence-electron chi connectivity index (χ2n) is 4.80. The highest BCUT2D eigenvalue weighted by atomic mass is 19.1. The van der Waals surface area contributed by atoms with E-state index in [1.807, 2.05) is 42.9 Å². The Labute approximate surface area is 117 Å². The Morgan fingerprint density at radius 3 is 2.40 bits per heavy atom. The SMILES string of the molecule is Fc1ccc(Cn2cncc2Cc2ccccc2)cc1. The summed E-state index contributed by atoms with van der Waals surface area (Å²) in [5.41, 5.74) is 3.48. The predicted molar refractivity (Wildman–Crippen MR) is 77.0 cm³/mol. The van der Waals surface area contributed by atoms with Crippen LogP contribution >= 0.6 is 0 Å². The Morgan fingerprint density at radius 1 is 0.900 bits per heavy atom. The normalized spacial score (nSPS) is 10.7. The molecule has 20 heavy (non-hydrogen) atoms. The summed E-state index contributed by atoms with van der Waals surface area (Å²) in [5, 5.41) is 0. The molecule has 0 fully saturated rings. The summed E-state index contributed by atoms with van der Waals surface area (Å²) in [5.74, 6) is -0.205. The zero-order valence-electron chi connectivity index (χ0n) is 11.0. The van der Waals surface area contributed by atoms with Gasteiger partial charge in [-0.25, -0.2) is 9.37 Å². The molecule has 0 aliphatic heterocycles. The van der Waals surface area contributed by atoms with E-state index in [2.05, 4.69) is 21.7 Å². The maximum Gasteiger partial charge on any atom is 0.123 e. The highest BCUT2D eigenvalue weighted by molar-refractivity contribution is 5.22. The molecule has 0 atom stereocenters. The van der Waals surface area contributed by atoms with E-state index in [0.717, 1.165) is 17.7 Å². The van der Waals surface area contributed by atoms with E-state index < -0.39 is 0 Å². The van der Waals surface area contributed by atoms with Gasteiger partial charge < -0.3 is 4.57 Å². The highest BCUT2D eigenvalue weighted by Crippen LogP contribution is 2.12.